The Bertz CT molecular complexity index is 926. The lowest BCUT2D eigenvalue weighted by Gasteiger charge is -2.13. The average molecular weight is 407 g/mol. The molecule has 146 valence electrons. The third-order valence-corrected chi connectivity index (χ3v) is 4.88. The standard InChI is InChI=1S/C19H16F3N3O2S/c1-11(2)17(26)24-18-23-15(12-3-5-14(6-4-12)19(20,21)22)16(28-18)13-7-9-25(27)10-8-13/h3-11,27H,1-2H3. The van der Waals surface area contributed by atoms with Crippen molar-refractivity contribution in [2.75, 3.05) is 0 Å². The molecule has 3 rings (SSSR count). The maximum Gasteiger partial charge on any atom is 0.416 e. The average Bonchev–Trinajstić information content (AvgIpc) is 3.05. The normalized spacial score (nSPS) is 18.5. The fraction of sp³-hybridized carbons (Fsp3) is 0.211. The molecule has 0 aliphatic carbocycles. The summed E-state index contributed by atoms with van der Waals surface area (Å²) in [6.07, 6.45) is 1.68. The van der Waals surface area contributed by atoms with Crippen LogP contribution in [0.3, 0.4) is 0 Å². The molecule has 0 saturated heterocycles. The van der Waals surface area contributed by atoms with Crippen molar-refractivity contribution in [1.29, 1.82) is 0 Å². The highest BCUT2D eigenvalue weighted by Gasteiger charge is 2.31. The zero-order chi connectivity index (χ0) is 20.5. The predicted molar refractivity (Wildman–Crippen MR) is 102 cm³/mol. The summed E-state index contributed by atoms with van der Waals surface area (Å²) < 4.78 is 38.5. The summed E-state index contributed by atoms with van der Waals surface area (Å²) in [6.45, 7) is 3.43. The van der Waals surface area contributed by atoms with Crippen molar-refractivity contribution >= 4 is 28.5 Å². The minimum Gasteiger partial charge on any atom is -0.285 e. The van der Waals surface area contributed by atoms with Gasteiger partial charge in [-0.3, -0.25) is 10.0 Å². The van der Waals surface area contributed by atoms with Crippen molar-refractivity contribution < 1.29 is 23.2 Å². The summed E-state index contributed by atoms with van der Waals surface area (Å²) in [7, 11) is 0. The van der Waals surface area contributed by atoms with Crippen molar-refractivity contribution in [3.63, 3.8) is 0 Å². The van der Waals surface area contributed by atoms with E-state index in [0.717, 1.165) is 29.0 Å². The Morgan fingerprint density at radius 3 is 2.32 bits per heavy atom. The van der Waals surface area contributed by atoms with Gasteiger partial charge in [-0.05, 0) is 41.6 Å². The van der Waals surface area contributed by atoms with Crippen LogP contribution in [0.4, 0.5) is 13.2 Å². The Morgan fingerprint density at radius 2 is 1.79 bits per heavy atom. The summed E-state index contributed by atoms with van der Waals surface area (Å²) in [5.41, 5.74) is 0.827. The summed E-state index contributed by atoms with van der Waals surface area (Å²) in [5.74, 6) is -0.632. The molecule has 1 aromatic rings. The van der Waals surface area contributed by atoms with Crippen molar-refractivity contribution in [3.05, 3.63) is 70.4 Å². The molecule has 0 unspecified atom stereocenters. The van der Waals surface area contributed by atoms with E-state index in [1.165, 1.54) is 24.5 Å². The lowest BCUT2D eigenvalue weighted by molar-refractivity contribution is -0.137. The van der Waals surface area contributed by atoms with Gasteiger partial charge in [0.15, 0.2) is 5.17 Å². The lowest BCUT2D eigenvalue weighted by atomic mass is 10.0. The van der Waals surface area contributed by atoms with Crippen molar-refractivity contribution in [1.82, 2.24) is 5.06 Å². The summed E-state index contributed by atoms with van der Waals surface area (Å²) in [4.78, 5) is 21.0. The number of hydrogen-bond donors (Lipinski definition) is 1. The third-order valence-electron chi connectivity index (χ3n) is 3.88. The second kappa shape index (κ2) is 7.76. The van der Waals surface area contributed by atoms with Crippen LogP contribution in [0.1, 0.15) is 25.0 Å². The maximum atomic E-state index is 12.8. The number of amidine groups is 1. The van der Waals surface area contributed by atoms with Gasteiger partial charge in [0, 0.05) is 28.8 Å². The van der Waals surface area contributed by atoms with E-state index in [2.05, 4.69) is 9.98 Å². The minimum absolute atomic E-state index is 0.226. The molecule has 1 N–H and O–H groups in total. The van der Waals surface area contributed by atoms with E-state index in [0.29, 0.717) is 21.8 Å². The first-order chi connectivity index (χ1) is 13.1. The molecule has 0 spiro atoms. The largest absolute Gasteiger partial charge is 0.416 e. The monoisotopic (exact) mass is 407 g/mol. The highest BCUT2D eigenvalue weighted by Crippen LogP contribution is 2.36. The fourth-order valence-electron chi connectivity index (χ4n) is 2.36. The minimum atomic E-state index is -4.43. The number of rotatable bonds is 2. The van der Waals surface area contributed by atoms with E-state index in [-0.39, 0.29) is 17.0 Å². The number of halogens is 3. The van der Waals surface area contributed by atoms with Gasteiger partial charge in [0.25, 0.3) is 5.91 Å². The fourth-order valence-corrected chi connectivity index (χ4v) is 3.33. The zero-order valence-corrected chi connectivity index (χ0v) is 15.8. The molecule has 2 aliphatic heterocycles. The zero-order valence-electron chi connectivity index (χ0n) is 14.9. The Balaban J connectivity index is 2.05. The van der Waals surface area contributed by atoms with Gasteiger partial charge in [0.05, 0.1) is 11.3 Å². The van der Waals surface area contributed by atoms with Crippen LogP contribution in [0.5, 0.6) is 0 Å². The molecule has 2 heterocycles. The number of benzene rings is 1. The number of thioether (sulfide) groups is 1. The van der Waals surface area contributed by atoms with Gasteiger partial charge < -0.3 is 0 Å². The number of aliphatic imine (C=N–C) groups is 2. The van der Waals surface area contributed by atoms with Crippen molar-refractivity contribution in [2.45, 2.75) is 20.0 Å². The first-order valence-corrected chi connectivity index (χ1v) is 9.12. The molecule has 9 heteroatoms. The number of carbonyl (C=O) groups is 1. The van der Waals surface area contributed by atoms with Crippen LogP contribution in [0, 0.1) is 5.92 Å². The van der Waals surface area contributed by atoms with Crippen LogP contribution in [-0.2, 0) is 11.0 Å². The molecule has 5 nitrogen and oxygen atoms in total. The van der Waals surface area contributed by atoms with Gasteiger partial charge in [-0.2, -0.15) is 18.2 Å². The molecule has 0 saturated carbocycles. The van der Waals surface area contributed by atoms with Crippen LogP contribution in [0.15, 0.2) is 69.3 Å². The van der Waals surface area contributed by atoms with Crippen LogP contribution >= 0.6 is 11.8 Å². The van der Waals surface area contributed by atoms with Gasteiger partial charge in [0.2, 0.25) is 0 Å². The first-order valence-electron chi connectivity index (χ1n) is 8.30. The second-order valence-corrected chi connectivity index (χ2v) is 7.30. The lowest BCUT2D eigenvalue weighted by Crippen LogP contribution is -2.08. The van der Waals surface area contributed by atoms with E-state index in [9.17, 15) is 23.2 Å². The number of alkyl halides is 3. The topological polar surface area (TPSA) is 65.3 Å². The van der Waals surface area contributed by atoms with Crippen LogP contribution in [0.2, 0.25) is 0 Å². The van der Waals surface area contributed by atoms with E-state index in [1.54, 1.807) is 26.0 Å². The van der Waals surface area contributed by atoms with E-state index in [4.69, 9.17) is 0 Å². The van der Waals surface area contributed by atoms with Crippen LogP contribution < -0.4 is 0 Å². The molecule has 0 bridgehead atoms. The van der Waals surface area contributed by atoms with Gasteiger partial charge in [-0.25, -0.2) is 10.1 Å². The van der Waals surface area contributed by atoms with Gasteiger partial charge in [-0.15, -0.1) is 0 Å². The summed E-state index contributed by atoms with van der Waals surface area (Å²) in [6, 6.07) is 4.65. The number of hydroxylamine groups is 2. The van der Waals surface area contributed by atoms with E-state index < -0.39 is 11.7 Å². The predicted octanol–water partition coefficient (Wildman–Crippen LogP) is 4.77. The number of amides is 1. The molecule has 2 aliphatic rings. The van der Waals surface area contributed by atoms with E-state index >= 15 is 0 Å². The smallest absolute Gasteiger partial charge is 0.285 e. The molecule has 28 heavy (non-hydrogen) atoms. The third kappa shape index (κ3) is 4.42. The van der Waals surface area contributed by atoms with Gasteiger partial charge >= 0.3 is 6.18 Å². The van der Waals surface area contributed by atoms with Gasteiger partial charge in [0.1, 0.15) is 0 Å². The van der Waals surface area contributed by atoms with E-state index in [1.807, 2.05) is 0 Å². The second-order valence-electron chi connectivity index (χ2n) is 6.32. The van der Waals surface area contributed by atoms with Crippen molar-refractivity contribution in [2.24, 2.45) is 15.9 Å². The highest BCUT2D eigenvalue weighted by molar-refractivity contribution is 8.18. The Hall–Kier alpha value is -2.65. The molecule has 1 aromatic carbocycles. The molecule has 0 fully saturated rings. The first kappa shape index (κ1) is 20.1. The SMILES string of the molecule is CC(C)C(=O)N=C1N=C(c2ccc(C(F)(F)F)cc2)C(=C2C=CN(O)C=C2)S1. The summed E-state index contributed by atoms with van der Waals surface area (Å²) >= 11 is 1.16. The molecule has 0 radical (unpaired) electrons. The maximum absolute atomic E-state index is 12.8. The number of allylic oxidation sites excluding steroid dienone is 4. The Morgan fingerprint density at radius 1 is 1.18 bits per heavy atom. The van der Waals surface area contributed by atoms with Crippen LogP contribution in [-0.4, -0.2) is 27.1 Å². The van der Waals surface area contributed by atoms with Crippen molar-refractivity contribution in [3.8, 4) is 0 Å². The number of nitrogens with zero attached hydrogens (tertiary/aromatic N) is 3. The van der Waals surface area contributed by atoms with Crippen LogP contribution in [0.25, 0.3) is 0 Å². The Labute approximate surface area is 163 Å². The molecule has 1 amide bonds. The molecular formula is C19H16F3N3O2S. The highest BCUT2D eigenvalue weighted by atomic mass is 32.2. The molecular weight excluding hydrogens is 391 g/mol. The molecule has 0 atom stereocenters. The van der Waals surface area contributed by atoms with Gasteiger partial charge in [-0.1, -0.05) is 26.0 Å². The number of carbonyl (C=O) groups excluding carboxylic acids is 1. The number of hydrogen-bond acceptors (Lipinski definition) is 4. The summed E-state index contributed by atoms with van der Waals surface area (Å²) in [5, 5.41) is 10.5. The molecule has 0 aromatic heterocycles. The quantitative estimate of drug-likeness (QED) is 0.767. The Kier molecular flexibility index (Phi) is 5.57.